The van der Waals surface area contributed by atoms with Gasteiger partial charge in [0.15, 0.2) is 0 Å². The Bertz CT molecular complexity index is 867. The van der Waals surface area contributed by atoms with Crippen LogP contribution in [0, 0.1) is 6.92 Å². The van der Waals surface area contributed by atoms with Crippen molar-refractivity contribution in [2.75, 3.05) is 11.9 Å². The number of nitrogens with zero attached hydrogens (tertiary/aromatic N) is 2. The Morgan fingerprint density at radius 3 is 2.69 bits per heavy atom. The number of fused-ring (bicyclic) bond motifs is 1. The number of pyridine rings is 2. The summed E-state index contributed by atoms with van der Waals surface area (Å²) in [7, 11) is 0. The molecule has 2 aromatic rings. The first-order valence-corrected chi connectivity index (χ1v) is 9.53. The Balaban J connectivity index is 2.09. The summed E-state index contributed by atoms with van der Waals surface area (Å²) in [5, 5.41) is 4.01. The minimum absolute atomic E-state index is 0.0652. The van der Waals surface area contributed by atoms with Crippen molar-refractivity contribution in [3.05, 3.63) is 33.7 Å². The average Bonchev–Trinajstić information content (AvgIpc) is 2.64. The normalized spacial score (nSPS) is 15.2. The molecule has 0 radical (unpaired) electrons. The van der Waals surface area contributed by atoms with Crippen molar-refractivity contribution in [2.24, 2.45) is 0 Å². The minimum Gasteiger partial charge on any atom is -0.462 e. The lowest BCUT2D eigenvalue weighted by Gasteiger charge is -2.25. The lowest BCUT2D eigenvalue weighted by Crippen LogP contribution is -2.24. The maximum absolute atomic E-state index is 12.9. The van der Waals surface area contributed by atoms with Gasteiger partial charge in [-0.25, -0.2) is 9.78 Å². The van der Waals surface area contributed by atoms with E-state index in [2.05, 4.69) is 10.3 Å². The summed E-state index contributed by atoms with van der Waals surface area (Å²) < 4.78 is 6.88. The van der Waals surface area contributed by atoms with Crippen LogP contribution in [0.4, 0.5) is 5.69 Å². The van der Waals surface area contributed by atoms with Gasteiger partial charge in [0.2, 0.25) is 5.43 Å². The second-order valence-electron chi connectivity index (χ2n) is 6.85. The van der Waals surface area contributed by atoms with Gasteiger partial charge in [-0.3, -0.25) is 4.79 Å². The molecule has 140 valence electrons. The van der Waals surface area contributed by atoms with Crippen LogP contribution in [-0.2, 0) is 11.3 Å². The molecule has 0 atom stereocenters. The number of rotatable bonds is 5. The van der Waals surface area contributed by atoms with E-state index in [9.17, 15) is 9.59 Å². The molecule has 6 heteroatoms. The third-order valence-electron chi connectivity index (χ3n) is 5.04. The Hall–Kier alpha value is -2.37. The molecule has 1 saturated carbocycles. The second-order valence-corrected chi connectivity index (χ2v) is 6.85. The van der Waals surface area contributed by atoms with Gasteiger partial charge in [-0.1, -0.05) is 19.3 Å². The van der Waals surface area contributed by atoms with E-state index in [0.717, 1.165) is 24.2 Å². The number of ether oxygens (including phenoxy) is 1. The third-order valence-corrected chi connectivity index (χ3v) is 5.04. The third kappa shape index (κ3) is 3.59. The van der Waals surface area contributed by atoms with Crippen LogP contribution in [0.2, 0.25) is 0 Å². The summed E-state index contributed by atoms with van der Waals surface area (Å²) in [6.07, 6.45) is 7.58. The molecule has 3 rings (SSSR count). The number of carbonyl (C=O) groups excluding carboxylic acids is 1. The second kappa shape index (κ2) is 7.89. The Morgan fingerprint density at radius 2 is 2.04 bits per heavy atom. The van der Waals surface area contributed by atoms with E-state index in [1.54, 1.807) is 13.1 Å². The van der Waals surface area contributed by atoms with Gasteiger partial charge in [0.25, 0.3) is 0 Å². The molecular weight excluding hydrogens is 330 g/mol. The van der Waals surface area contributed by atoms with E-state index in [-0.39, 0.29) is 17.6 Å². The zero-order chi connectivity index (χ0) is 18.7. The first-order valence-electron chi connectivity index (χ1n) is 9.53. The number of anilines is 1. The molecule has 0 spiro atoms. The van der Waals surface area contributed by atoms with Crippen molar-refractivity contribution >= 4 is 22.7 Å². The lowest BCUT2D eigenvalue weighted by molar-refractivity contribution is 0.0524. The van der Waals surface area contributed by atoms with Crippen molar-refractivity contribution in [3.8, 4) is 0 Å². The summed E-state index contributed by atoms with van der Waals surface area (Å²) in [5.41, 5.74) is 2.11. The van der Waals surface area contributed by atoms with Gasteiger partial charge < -0.3 is 14.6 Å². The molecule has 0 amide bonds. The number of nitrogens with one attached hydrogen (secondary N) is 1. The monoisotopic (exact) mass is 357 g/mol. The molecule has 1 aliphatic carbocycles. The predicted molar refractivity (Wildman–Crippen MR) is 103 cm³/mol. The standard InChI is InChI=1S/C20H27N3O3/c1-4-23-12-16(20(25)26-5-2)18(24)15-11-17(13(3)21-19(15)23)22-14-9-7-6-8-10-14/h11-12,14,22H,4-10H2,1-3H3. The highest BCUT2D eigenvalue weighted by Gasteiger charge is 2.19. The van der Waals surface area contributed by atoms with Crippen molar-refractivity contribution in [1.29, 1.82) is 0 Å². The van der Waals surface area contributed by atoms with E-state index >= 15 is 0 Å². The highest BCUT2D eigenvalue weighted by Crippen LogP contribution is 2.25. The molecule has 0 saturated heterocycles. The SMILES string of the molecule is CCOC(=O)c1cn(CC)c2nc(C)c(NC3CCCCC3)cc2c1=O. The quantitative estimate of drug-likeness (QED) is 0.827. The molecule has 0 aliphatic heterocycles. The van der Waals surface area contributed by atoms with Gasteiger partial charge in [-0.15, -0.1) is 0 Å². The first kappa shape index (κ1) is 18.4. The zero-order valence-corrected chi connectivity index (χ0v) is 15.8. The maximum Gasteiger partial charge on any atom is 0.343 e. The van der Waals surface area contributed by atoms with E-state index < -0.39 is 5.97 Å². The number of hydrogen-bond donors (Lipinski definition) is 1. The summed E-state index contributed by atoms with van der Waals surface area (Å²) in [6, 6.07) is 2.27. The van der Waals surface area contributed by atoms with E-state index in [0.29, 0.717) is 23.6 Å². The van der Waals surface area contributed by atoms with Gasteiger partial charge >= 0.3 is 5.97 Å². The molecule has 2 heterocycles. The number of aryl methyl sites for hydroxylation is 2. The zero-order valence-electron chi connectivity index (χ0n) is 15.8. The van der Waals surface area contributed by atoms with Crippen LogP contribution in [0.3, 0.4) is 0 Å². The van der Waals surface area contributed by atoms with Gasteiger partial charge in [-0.2, -0.15) is 0 Å². The van der Waals surface area contributed by atoms with Crippen LogP contribution in [0.1, 0.15) is 62.0 Å². The topological polar surface area (TPSA) is 73.2 Å². The molecule has 0 aromatic carbocycles. The average molecular weight is 357 g/mol. The highest BCUT2D eigenvalue weighted by molar-refractivity contribution is 5.93. The van der Waals surface area contributed by atoms with Crippen LogP contribution in [0.25, 0.3) is 11.0 Å². The van der Waals surface area contributed by atoms with Crippen LogP contribution in [0.5, 0.6) is 0 Å². The van der Waals surface area contributed by atoms with E-state index in [1.807, 2.05) is 24.5 Å². The fraction of sp³-hybridized carbons (Fsp3) is 0.550. The lowest BCUT2D eigenvalue weighted by atomic mass is 9.95. The molecule has 6 nitrogen and oxygen atoms in total. The van der Waals surface area contributed by atoms with Crippen molar-refractivity contribution in [1.82, 2.24) is 9.55 Å². The first-order chi connectivity index (χ1) is 12.5. The predicted octanol–water partition coefficient (Wildman–Crippen LogP) is 3.65. The molecule has 1 fully saturated rings. The van der Waals surface area contributed by atoms with Crippen molar-refractivity contribution in [2.45, 2.75) is 65.5 Å². The Labute approximate surface area is 153 Å². The van der Waals surface area contributed by atoms with Crippen LogP contribution >= 0.6 is 0 Å². The summed E-state index contributed by atoms with van der Waals surface area (Å²) in [6.45, 7) is 6.50. The molecule has 0 unspecified atom stereocenters. The van der Waals surface area contributed by atoms with Crippen molar-refractivity contribution < 1.29 is 9.53 Å². The van der Waals surface area contributed by atoms with Gasteiger partial charge in [0.05, 0.1) is 23.4 Å². The van der Waals surface area contributed by atoms with Gasteiger partial charge in [-0.05, 0) is 39.7 Å². The fourth-order valence-corrected chi connectivity index (χ4v) is 3.61. The maximum atomic E-state index is 12.9. The number of carbonyl (C=O) groups is 1. The molecular formula is C20H27N3O3. The van der Waals surface area contributed by atoms with Gasteiger partial charge in [0, 0.05) is 18.8 Å². The van der Waals surface area contributed by atoms with Crippen LogP contribution in [0.15, 0.2) is 17.1 Å². The number of esters is 1. The molecule has 2 aromatic heterocycles. The number of aromatic nitrogens is 2. The van der Waals surface area contributed by atoms with Crippen LogP contribution < -0.4 is 10.7 Å². The Kier molecular flexibility index (Phi) is 5.59. The molecule has 26 heavy (non-hydrogen) atoms. The Morgan fingerprint density at radius 1 is 1.31 bits per heavy atom. The number of hydrogen-bond acceptors (Lipinski definition) is 5. The largest absolute Gasteiger partial charge is 0.462 e. The van der Waals surface area contributed by atoms with Crippen molar-refractivity contribution in [3.63, 3.8) is 0 Å². The molecule has 1 aliphatic rings. The van der Waals surface area contributed by atoms with E-state index in [4.69, 9.17) is 4.74 Å². The highest BCUT2D eigenvalue weighted by atomic mass is 16.5. The van der Waals surface area contributed by atoms with Crippen LogP contribution in [-0.4, -0.2) is 28.2 Å². The summed E-state index contributed by atoms with van der Waals surface area (Å²) >= 11 is 0. The van der Waals surface area contributed by atoms with E-state index in [1.165, 1.54) is 19.3 Å². The molecule has 0 bridgehead atoms. The minimum atomic E-state index is -0.580. The smallest absolute Gasteiger partial charge is 0.343 e. The fourth-order valence-electron chi connectivity index (χ4n) is 3.61. The van der Waals surface area contributed by atoms with Gasteiger partial charge in [0.1, 0.15) is 11.2 Å². The molecule has 1 N–H and O–H groups in total. The summed E-state index contributed by atoms with van der Waals surface area (Å²) in [4.78, 5) is 29.7. The summed E-state index contributed by atoms with van der Waals surface area (Å²) in [5.74, 6) is -0.580.